The molecule has 0 saturated heterocycles. The number of rotatable bonds is 5. The van der Waals surface area contributed by atoms with Gasteiger partial charge in [-0.2, -0.15) is 0 Å². The summed E-state index contributed by atoms with van der Waals surface area (Å²) in [5.74, 6) is 0. The first-order valence-corrected chi connectivity index (χ1v) is 8.44. The van der Waals surface area contributed by atoms with Crippen molar-refractivity contribution in [1.82, 2.24) is 5.32 Å². The minimum atomic E-state index is -0.986. The molecule has 6 heteroatoms. The van der Waals surface area contributed by atoms with Gasteiger partial charge < -0.3 is 20.3 Å². The summed E-state index contributed by atoms with van der Waals surface area (Å²) < 4.78 is 6.25. The molecule has 3 N–H and O–H groups in total. The lowest BCUT2D eigenvalue weighted by Crippen LogP contribution is -2.34. The van der Waals surface area contributed by atoms with E-state index in [2.05, 4.69) is 5.32 Å². The zero-order valence-corrected chi connectivity index (χ0v) is 14.4. The van der Waals surface area contributed by atoms with Gasteiger partial charge in [-0.15, -0.1) is 11.3 Å². The third kappa shape index (κ3) is 5.20. The maximum Gasteiger partial charge on any atom is 0.407 e. The van der Waals surface area contributed by atoms with Gasteiger partial charge in [-0.25, -0.2) is 4.79 Å². The molecule has 0 saturated carbocycles. The van der Waals surface area contributed by atoms with Gasteiger partial charge in [0.15, 0.2) is 0 Å². The Morgan fingerprint density at radius 3 is 2.74 bits per heavy atom. The highest BCUT2D eigenvalue weighted by Crippen LogP contribution is 2.26. The summed E-state index contributed by atoms with van der Waals surface area (Å²) in [4.78, 5) is 11.5. The average molecular weight is 337 g/mol. The molecular formula is C17H23NO4S. The second-order valence-electron chi connectivity index (χ2n) is 6.45. The van der Waals surface area contributed by atoms with Crippen molar-refractivity contribution in [3.63, 3.8) is 0 Å². The third-order valence-electron chi connectivity index (χ3n) is 3.29. The van der Waals surface area contributed by atoms with Gasteiger partial charge in [0.25, 0.3) is 0 Å². The zero-order valence-electron chi connectivity index (χ0n) is 13.6. The Bertz CT molecular complexity index is 662. The van der Waals surface area contributed by atoms with Crippen LogP contribution in [0.15, 0.2) is 29.6 Å². The first kappa shape index (κ1) is 17.7. The molecule has 0 aliphatic carbocycles. The van der Waals surface area contributed by atoms with Crippen LogP contribution >= 0.6 is 11.3 Å². The number of hydrogen-bond donors (Lipinski definition) is 3. The number of carbonyl (C=O) groups excluding carboxylic acids is 1. The molecule has 23 heavy (non-hydrogen) atoms. The molecule has 2 rings (SSSR count). The zero-order chi connectivity index (χ0) is 17.0. The van der Waals surface area contributed by atoms with E-state index in [1.807, 2.05) is 29.6 Å². The van der Waals surface area contributed by atoms with E-state index in [1.54, 1.807) is 32.1 Å². The molecule has 1 aromatic carbocycles. The van der Waals surface area contributed by atoms with Crippen LogP contribution < -0.4 is 5.32 Å². The smallest absolute Gasteiger partial charge is 0.407 e. The number of amides is 1. The lowest BCUT2D eigenvalue weighted by atomic mass is 10.0. The van der Waals surface area contributed by atoms with Crippen LogP contribution in [0.4, 0.5) is 4.79 Å². The average Bonchev–Trinajstić information content (AvgIpc) is 2.91. The first-order chi connectivity index (χ1) is 10.8. The number of benzene rings is 1. The second kappa shape index (κ2) is 7.29. The van der Waals surface area contributed by atoms with Crippen LogP contribution in [0.25, 0.3) is 10.1 Å². The molecule has 0 fully saturated rings. The predicted octanol–water partition coefficient (Wildman–Crippen LogP) is 3.21. The fraction of sp³-hybridized carbons (Fsp3) is 0.471. The van der Waals surface area contributed by atoms with Crippen molar-refractivity contribution in [2.75, 3.05) is 6.54 Å². The van der Waals surface area contributed by atoms with Crippen molar-refractivity contribution >= 4 is 27.5 Å². The van der Waals surface area contributed by atoms with Crippen molar-refractivity contribution in [1.29, 1.82) is 0 Å². The number of hydrogen-bond acceptors (Lipinski definition) is 5. The van der Waals surface area contributed by atoms with E-state index in [-0.39, 0.29) is 13.0 Å². The van der Waals surface area contributed by atoms with Crippen LogP contribution in [0.5, 0.6) is 0 Å². The van der Waals surface area contributed by atoms with Gasteiger partial charge in [0.2, 0.25) is 0 Å². The van der Waals surface area contributed by atoms with Crippen LogP contribution in [-0.4, -0.2) is 34.6 Å². The Morgan fingerprint density at radius 1 is 1.30 bits per heavy atom. The molecule has 1 heterocycles. The lowest BCUT2D eigenvalue weighted by molar-refractivity contribution is 0.0124. The van der Waals surface area contributed by atoms with Gasteiger partial charge in [-0.05, 0) is 61.7 Å². The lowest BCUT2D eigenvalue weighted by Gasteiger charge is -2.21. The number of aliphatic hydroxyl groups is 2. The minimum absolute atomic E-state index is 0.230. The molecule has 2 aromatic rings. The van der Waals surface area contributed by atoms with Gasteiger partial charge in [-0.1, -0.05) is 6.07 Å². The summed E-state index contributed by atoms with van der Waals surface area (Å²) in [6.45, 7) is 5.58. The van der Waals surface area contributed by atoms with E-state index in [4.69, 9.17) is 4.74 Å². The number of aliphatic hydroxyl groups excluding tert-OH is 2. The highest BCUT2D eigenvalue weighted by atomic mass is 32.1. The highest BCUT2D eigenvalue weighted by Gasteiger charge is 2.20. The SMILES string of the molecule is CC(C)(C)OC(=O)NCCC(O)C(O)c1ccc2sccc2c1. The van der Waals surface area contributed by atoms with Gasteiger partial charge >= 0.3 is 6.09 Å². The first-order valence-electron chi connectivity index (χ1n) is 7.56. The van der Waals surface area contributed by atoms with Crippen LogP contribution in [0, 0.1) is 0 Å². The molecule has 0 aliphatic rings. The standard InChI is InChI=1S/C17H23NO4S/c1-17(2,3)22-16(21)18-8-6-13(19)15(20)12-4-5-14-11(10-12)7-9-23-14/h4-5,7,9-10,13,15,19-20H,6,8H2,1-3H3,(H,18,21). The molecule has 1 amide bonds. The van der Waals surface area contributed by atoms with E-state index in [0.29, 0.717) is 5.56 Å². The van der Waals surface area contributed by atoms with Gasteiger partial charge in [0.1, 0.15) is 11.7 Å². The van der Waals surface area contributed by atoms with Crippen molar-refractivity contribution < 1.29 is 19.7 Å². The van der Waals surface area contributed by atoms with Gasteiger partial charge in [-0.3, -0.25) is 0 Å². The summed E-state index contributed by atoms with van der Waals surface area (Å²) >= 11 is 1.63. The quantitative estimate of drug-likeness (QED) is 0.783. The van der Waals surface area contributed by atoms with Crippen LogP contribution in [0.2, 0.25) is 0 Å². The molecule has 5 nitrogen and oxygen atoms in total. The van der Waals surface area contributed by atoms with Crippen molar-refractivity contribution in [3.8, 4) is 0 Å². The molecule has 0 spiro atoms. The Morgan fingerprint density at radius 2 is 2.04 bits per heavy atom. The maximum absolute atomic E-state index is 11.5. The van der Waals surface area contributed by atoms with Crippen LogP contribution in [0.3, 0.4) is 0 Å². The van der Waals surface area contributed by atoms with Crippen molar-refractivity contribution in [3.05, 3.63) is 35.2 Å². The highest BCUT2D eigenvalue weighted by molar-refractivity contribution is 7.17. The number of ether oxygens (including phenoxy) is 1. The summed E-state index contributed by atoms with van der Waals surface area (Å²) in [5, 5.41) is 26.0. The number of fused-ring (bicyclic) bond motifs is 1. The van der Waals surface area contributed by atoms with E-state index in [0.717, 1.165) is 10.1 Å². The number of alkyl carbamates (subject to hydrolysis) is 1. The number of nitrogens with one attached hydrogen (secondary N) is 1. The maximum atomic E-state index is 11.5. The minimum Gasteiger partial charge on any atom is -0.444 e. The molecule has 0 aliphatic heterocycles. The van der Waals surface area contributed by atoms with E-state index < -0.39 is 23.9 Å². The largest absolute Gasteiger partial charge is 0.444 e. The Hall–Kier alpha value is -1.63. The topological polar surface area (TPSA) is 78.8 Å². The van der Waals surface area contributed by atoms with E-state index in [1.165, 1.54) is 0 Å². The Kier molecular flexibility index (Phi) is 5.62. The van der Waals surface area contributed by atoms with E-state index >= 15 is 0 Å². The van der Waals surface area contributed by atoms with Crippen molar-refractivity contribution in [2.45, 2.75) is 45.0 Å². The fourth-order valence-corrected chi connectivity index (χ4v) is 2.96. The van der Waals surface area contributed by atoms with Gasteiger partial charge in [0.05, 0.1) is 6.10 Å². The predicted molar refractivity (Wildman–Crippen MR) is 91.6 cm³/mol. The van der Waals surface area contributed by atoms with Crippen molar-refractivity contribution in [2.24, 2.45) is 0 Å². The summed E-state index contributed by atoms with van der Waals surface area (Å²) in [5.41, 5.74) is 0.110. The summed E-state index contributed by atoms with van der Waals surface area (Å²) in [6.07, 6.45) is -2.23. The van der Waals surface area contributed by atoms with Crippen LogP contribution in [0.1, 0.15) is 38.9 Å². The van der Waals surface area contributed by atoms with Gasteiger partial charge in [0, 0.05) is 11.2 Å². The molecule has 2 atom stereocenters. The third-order valence-corrected chi connectivity index (χ3v) is 4.19. The Labute approximate surface area is 139 Å². The molecule has 1 aromatic heterocycles. The second-order valence-corrected chi connectivity index (χ2v) is 7.40. The van der Waals surface area contributed by atoms with Crippen LogP contribution in [-0.2, 0) is 4.74 Å². The summed E-state index contributed by atoms with van der Waals surface area (Å²) in [6, 6.07) is 7.60. The fourth-order valence-electron chi connectivity index (χ4n) is 2.19. The number of carbonyl (C=O) groups is 1. The summed E-state index contributed by atoms with van der Waals surface area (Å²) in [7, 11) is 0. The van der Waals surface area contributed by atoms with E-state index in [9.17, 15) is 15.0 Å². The molecule has 0 bridgehead atoms. The monoisotopic (exact) mass is 337 g/mol. The normalized spacial score (nSPS) is 14.5. The molecule has 0 radical (unpaired) electrons. The molecule has 2 unspecified atom stereocenters. The Balaban J connectivity index is 1.85. The molecule has 126 valence electrons. The number of thiophene rings is 1. The molecular weight excluding hydrogens is 314 g/mol.